The van der Waals surface area contributed by atoms with Crippen molar-refractivity contribution < 1.29 is 23.9 Å². The Balaban J connectivity index is 1.57. The molecular weight excluding hydrogens is 360 g/mol. The second kappa shape index (κ2) is 8.80. The molecule has 0 spiro atoms. The second-order valence-corrected chi connectivity index (χ2v) is 7.85. The number of carbonyl (C=O) groups excluding carboxylic acids is 3. The van der Waals surface area contributed by atoms with Crippen molar-refractivity contribution >= 4 is 17.8 Å². The molecule has 154 valence electrons. The summed E-state index contributed by atoms with van der Waals surface area (Å²) in [5, 5.41) is 0. The van der Waals surface area contributed by atoms with Crippen LogP contribution in [0.15, 0.2) is 0 Å². The number of hydrogen-bond acceptors (Lipinski definition) is 5. The van der Waals surface area contributed by atoms with Crippen molar-refractivity contribution in [3.8, 4) is 0 Å². The lowest BCUT2D eigenvalue weighted by atomic mass is 9.75. The SMILES string of the molecule is CCOC(=O)c1c(C)[nH]c(C(=O)OCC(=O)N2CC[C@@H]3CCCC[C@H]3C2)c1C. The van der Waals surface area contributed by atoms with Crippen molar-refractivity contribution in [2.24, 2.45) is 11.8 Å². The first-order chi connectivity index (χ1) is 13.4. The van der Waals surface area contributed by atoms with Crippen LogP contribution in [0.4, 0.5) is 0 Å². The molecule has 2 atom stereocenters. The van der Waals surface area contributed by atoms with Crippen molar-refractivity contribution in [3.63, 3.8) is 0 Å². The highest BCUT2D eigenvalue weighted by atomic mass is 16.5. The maximum Gasteiger partial charge on any atom is 0.355 e. The maximum atomic E-state index is 12.5. The van der Waals surface area contributed by atoms with Gasteiger partial charge in [-0.05, 0) is 51.0 Å². The Morgan fingerprint density at radius 2 is 1.75 bits per heavy atom. The summed E-state index contributed by atoms with van der Waals surface area (Å²) in [5.74, 6) is 0.0778. The van der Waals surface area contributed by atoms with Crippen molar-refractivity contribution in [2.75, 3.05) is 26.3 Å². The molecule has 1 saturated carbocycles. The van der Waals surface area contributed by atoms with E-state index in [0.29, 0.717) is 22.7 Å². The van der Waals surface area contributed by atoms with Crippen molar-refractivity contribution in [1.29, 1.82) is 0 Å². The van der Waals surface area contributed by atoms with Gasteiger partial charge in [0.05, 0.1) is 12.2 Å². The zero-order chi connectivity index (χ0) is 20.3. The number of carbonyl (C=O) groups is 3. The lowest BCUT2D eigenvalue weighted by molar-refractivity contribution is -0.137. The van der Waals surface area contributed by atoms with E-state index in [1.54, 1.807) is 20.8 Å². The molecule has 0 bridgehead atoms. The number of aromatic nitrogens is 1. The summed E-state index contributed by atoms with van der Waals surface area (Å²) in [6.07, 6.45) is 6.05. The van der Waals surface area contributed by atoms with Gasteiger partial charge in [-0.25, -0.2) is 9.59 Å². The molecule has 0 unspecified atom stereocenters. The zero-order valence-electron chi connectivity index (χ0n) is 17.0. The Kier molecular flexibility index (Phi) is 6.42. The fourth-order valence-electron chi connectivity index (χ4n) is 4.58. The van der Waals surface area contributed by atoms with E-state index in [0.717, 1.165) is 25.4 Å². The normalized spacial score (nSPS) is 21.8. The average Bonchev–Trinajstić information content (AvgIpc) is 2.99. The number of amides is 1. The van der Waals surface area contributed by atoms with Gasteiger partial charge in [0, 0.05) is 18.8 Å². The number of fused-ring (bicyclic) bond motifs is 1. The smallest absolute Gasteiger partial charge is 0.355 e. The molecule has 3 rings (SSSR count). The Morgan fingerprint density at radius 3 is 2.46 bits per heavy atom. The van der Waals surface area contributed by atoms with Crippen LogP contribution in [-0.4, -0.2) is 54.0 Å². The molecule has 28 heavy (non-hydrogen) atoms. The molecule has 1 amide bonds. The molecule has 0 aromatic carbocycles. The van der Waals surface area contributed by atoms with Crippen LogP contribution < -0.4 is 0 Å². The lowest BCUT2D eigenvalue weighted by Crippen LogP contribution is -2.46. The second-order valence-electron chi connectivity index (χ2n) is 7.85. The topological polar surface area (TPSA) is 88.7 Å². The summed E-state index contributed by atoms with van der Waals surface area (Å²) in [7, 11) is 0. The van der Waals surface area contributed by atoms with Crippen LogP contribution >= 0.6 is 0 Å². The highest BCUT2D eigenvalue weighted by molar-refractivity contribution is 5.99. The highest BCUT2D eigenvalue weighted by Gasteiger charge is 2.33. The average molecular weight is 390 g/mol. The highest BCUT2D eigenvalue weighted by Crippen LogP contribution is 2.36. The van der Waals surface area contributed by atoms with E-state index in [-0.39, 0.29) is 24.8 Å². The molecule has 2 fully saturated rings. The predicted molar refractivity (Wildman–Crippen MR) is 103 cm³/mol. The van der Waals surface area contributed by atoms with E-state index < -0.39 is 11.9 Å². The first kappa shape index (κ1) is 20.4. The van der Waals surface area contributed by atoms with E-state index in [1.807, 2.05) is 4.90 Å². The zero-order valence-corrected chi connectivity index (χ0v) is 17.0. The Hall–Kier alpha value is -2.31. The number of piperidine rings is 1. The third-order valence-corrected chi connectivity index (χ3v) is 6.09. The van der Waals surface area contributed by atoms with Crippen molar-refractivity contribution in [1.82, 2.24) is 9.88 Å². The quantitative estimate of drug-likeness (QED) is 0.781. The first-order valence-corrected chi connectivity index (χ1v) is 10.2. The van der Waals surface area contributed by atoms with E-state index >= 15 is 0 Å². The number of esters is 2. The van der Waals surface area contributed by atoms with Crippen LogP contribution in [0.1, 0.15) is 71.1 Å². The Morgan fingerprint density at radius 1 is 1.04 bits per heavy atom. The summed E-state index contributed by atoms with van der Waals surface area (Å²) in [6.45, 7) is 6.60. The maximum absolute atomic E-state index is 12.5. The number of ether oxygens (including phenoxy) is 2. The minimum absolute atomic E-state index is 0.149. The van der Waals surface area contributed by atoms with Crippen LogP contribution in [0.3, 0.4) is 0 Å². The Labute approximate surface area is 165 Å². The summed E-state index contributed by atoms with van der Waals surface area (Å²) < 4.78 is 10.3. The van der Waals surface area contributed by atoms with Crippen molar-refractivity contribution in [3.05, 3.63) is 22.5 Å². The summed E-state index contributed by atoms with van der Waals surface area (Å²) in [4.78, 5) is 41.8. The molecular formula is C21H30N2O5. The van der Waals surface area contributed by atoms with Gasteiger partial charge in [-0.2, -0.15) is 0 Å². The van der Waals surface area contributed by atoms with Gasteiger partial charge < -0.3 is 19.4 Å². The number of aryl methyl sites for hydroxylation is 1. The molecule has 7 heteroatoms. The molecule has 1 aliphatic heterocycles. The molecule has 1 saturated heterocycles. The molecule has 2 heterocycles. The van der Waals surface area contributed by atoms with Crippen molar-refractivity contribution in [2.45, 2.75) is 52.9 Å². The van der Waals surface area contributed by atoms with Crippen LogP contribution in [0.2, 0.25) is 0 Å². The van der Waals surface area contributed by atoms with Gasteiger partial charge in [-0.15, -0.1) is 0 Å². The molecule has 1 N–H and O–H groups in total. The molecule has 2 aliphatic rings. The van der Waals surface area contributed by atoms with E-state index in [4.69, 9.17) is 9.47 Å². The number of H-pyrrole nitrogens is 1. The number of rotatable bonds is 5. The van der Waals surface area contributed by atoms with E-state index in [9.17, 15) is 14.4 Å². The van der Waals surface area contributed by atoms with Gasteiger partial charge in [-0.3, -0.25) is 4.79 Å². The van der Waals surface area contributed by atoms with E-state index in [1.165, 1.54) is 25.7 Å². The molecule has 1 aromatic heterocycles. The van der Waals surface area contributed by atoms with E-state index in [2.05, 4.69) is 4.98 Å². The first-order valence-electron chi connectivity index (χ1n) is 10.2. The van der Waals surface area contributed by atoms with Crippen LogP contribution in [0, 0.1) is 25.7 Å². The minimum atomic E-state index is -0.628. The number of nitrogens with one attached hydrogen (secondary N) is 1. The third kappa shape index (κ3) is 4.23. The number of aromatic amines is 1. The monoisotopic (exact) mass is 390 g/mol. The van der Waals surface area contributed by atoms with Gasteiger partial charge in [-0.1, -0.05) is 19.3 Å². The number of likely N-dealkylation sites (tertiary alicyclic amines) is 1. The van der Waals surface area contributed by atoms with Gasteiger partial charge in [0.1, 0.15) is 5.69 Å². The fraction of sp³-hybridized carbons (Fsp3) is 0.667. The Bertz CT molecular complexity index is 754. The molecule has 1 aliphatic carbocycles. The minimum Gasteiger partial charge on any atom is -0.462 e. The summed E-state index contributed by atoms with van der Waals surface area (Å²) in [6, 6.07) is 0. The third-order valence-electron chi connectivity index (χ3n) is 6.09. The molecule has 0 radical (unpaired) electrons. The summed E-state index contributed by atoms with van der Waals surface area (Å²) >= 11 is 0. The fourth-order valence-corrected chi connectivity index (χ4v) is 4.58. The van der Waals surface area contributed by atoms with Crippen LogP contribution in [0.5, 0.6) is 0 Å². The van der Waals surface area contributed by atoms with Gasteiger partial charge in [0.2, 0.25) is 0 Å². The van der Waals surface area contributed by atoms with Crippen LogP contribution in [0.25, 0.3) is 0 Å². The predicted octanol–water partition coefficient (Wildman–Crippen LogP) is 3.00. The largest absolute Gasteiger partial charge is 0.462 e. The number of hydrogen-bond donors (Lipinski definition) is 1. The van der Waals surface area contributed by atoms with Gasteiger partial charge in [0.15, 0.2) is 6.61 Å². The summed E-state index contributed by atoms with van der Waals surface area (Å²) in [5.41, 5.74) is 1.57. The van der Waals surface area contributed by atoms with Crippen LogP contribution in [-0.2, 0) is 14.3 Å². The molecule has 7 nitrogen and oxygen atoms in total. The number of nitrogens with zero attached hydrogens (tertiary/aromatic N) is 1. The molecule has 1 aromatic rings. The van der Waals surface area contributed by atoms with Gasteiger partial charge in [0.25, 0.3) is 5.91 Å². The standard InChI is InChI=1S/C21H30N2O5/c1-4-27-20(25)18-13(2)19(22-14(18)3)21(26)28-12-17(24)23-10-9-15-7-5-6-8-16(15)11-23/h15-16,22H,4-12H2,1-3H3/t15-,16-/m0/s1. The van der Waals surface area contributed by atoms with Gasteiger partial charge >= 0.3 is 11.9 Å². The lowest BCUT2D eigenvalue weighted by Gasteiger charge is -2.41.